The van der Waals surface area contributed by atoms with Crippen LogP contribution in [0.5, 0.6) is 0 Å². The van der Waals surface area contributed by atoms with Gasteiger partial charge in [-0.3, -0.25) is 4.79 Å². The monoisotopic (exact) mass is 199 g/mol. The van der Waals surface area contributed by atoms with Gasteiger partial charge in [0.15, 0.2) is 0 Å². The molecule has 0 aromatic heterocycles. The average molecular weight is 199 g/mol. The van der Waals surface area contributed by atoms with Crippen LogP contribution in [0.15, 0.2) is 0 Å². The van der Waals surface area contributed by atoms with E-state index in [1.807, 2.05) is 14.1 Å². The summed E-state index contributed by atoms with van der Waals surface area (Å²) >= 11 is 0. The van der Waals surface area contributed by atoms with Crippen LogP contribution in [0.25, 0.3) is 0 Å². The molecule has 1 amide bonds. The van der Waals surface area contributed by atoms with Crippen LogP contribution in [-0.4, -0.2) is 50.1 Å². The van der Waals surface area contributed by atoms with E-state index in [2.05, 4.69) is 22.5 Å². The number of nitrogens with one attached hydrogen (secondary N) is 2. The number of carbonyl (C=O) groups excluding carboxylic acids is 1. The molecule has 1 aliphatic carbocycles. The van der Waals surface area contributed by atoms with E-state index < -0.39 is 0 Å². The normalized spacial score (nSPS) is 18.3. The molecule has 4 heteroatoms. The zero-order valence-corrected chi connectivity index (χ0v) is 9.34. The van der Waals surface area contributed by atoms with E-state index in [4.69, 9.17) is 0 Å². The van der Waals surface area contributed by atoms with Gasteiger partial charge in [-0.25, -0.2) is 0 Å². The molecule has 1 atom stereocenters. The molecule has 1 rings (SSSR count). The second-order valence-electron chi connectivity index (χ2n) is 4.29. The summed E-state index contributed by atoms with van der Waals surface area (Å²) in [5.41, 5.74) is 0. The molecule has 14 heavy (non-hydrogen) atoms. The third kappa shape index (κ3) is 4.58. The first-order valence-electron chi connectivity index (χ1n) is 5.26. The van der Waals surface area contributed by atoms with Crippen molar-refractivity contribution in [2.24, 2.45) is 0 Å². The quantitative estimate of drug-likeness (QED) is 0.623. The van der Waals surface area contributed by atoms with Crippen molar-refractivity contribution >= 4 is 5.91 Å². The van der Waals surface area contributed by atoms with Crippen molar-refractivity contribution in [3.05, 3.63) is 0 Å². The van der Waals surface area contributed by atoms with Crippen molar-refractivity contribution < 1.29 is 4.79 Å². The second kappa shape index (κ2) is 5.32. The number of hydrogen-bond acceptors (Lipinski definition) is 3. The molecular formula is C10H21N3O. The van der Waals surface area contributed by atoms with Gasteiger partial charge in [0.2, 0.25) is 5.91 Å². The lowest BCUT2D eigenvalue weighted by Gasteiger charge is -2.19. The number of nitrogens with zero attached hydrogens (tertiary/aromatic N) is 1. The van der Waals surface area contributed by atoms with Crippen LogP contribution >= 0.6 is 0 Å². The topological polar surface area (TPSA) is 44.4 Å². The van der Waals surface area contributed by atoms with E-state index in [0.29, 0.717) is 18.6 Å². The van der Waals surface area contributed by atoms with E-state index >= 15 is 0 Å². The van der Waals surface area contributed by atoms with Crippen LogP contribution in [0, 0.1) is 0 Å². The molecule has 82 valence electrons. The molecule has 0 aliphatic heterocycles. The van der Waals surface area contributed by atoms with Crippen LogP contribution in [0.4, 0.5) is 0 Å². The fourth-order valence-electron chi connectivity index (χ4n) is 1.08. The highest BCUT2D eigenvalue weighted by molar-refractivity contribution is 5.78. The van der Waals surface area contributed by atoms with E-state index in [0.717, 1.165) is 19.4 Å². The zero-order chi connectivity index (χ0) is 10.6. The number of hydrogen-bond donors (Lipinski definition) is 2. The predicted octanol–water partition coefficient (Wildman–Crippen LogP) is -0.195. The van der Waals surface area contributed by atoms with Gasteiger partial charge in [0.25, 0.3) is 0 Å². The fourth-order valence-corrected chi connectivity index (χ4v) is 1.08. The number of amides is 1. The Morgan fingerprint density at radius 1 is 1.50 bits per heavy atom. The largest absolute Gasteiger partial charge is 0.352 e. The van der Waals surface area contributed by atoms with Gasteiger partial charge >= 0.3 is 0 Å². The third-order valence-electron chi connectivity index (χ3n) is 2.55. The van der Waals surface area contributed by atoms with Gasteiger partial charge in [-0.2, -0.15) is 0 Å². The lowest BCUT2D eigenvalue weighted by molar-refractivity contribution is -0.120. The van der Waals surface area contributed by atoms with Gasteiger partial charge in [-0.15, -0.1) is 0 Å². The summed E-state index contributed by atoms with van der Waals surface area (Å²) in [5.74, 6) is 0.124. The lowest BCUT2D eigenvalue weighted by atomic mass is 10.3. The van der Waals surface area contributed by atoms with Crippen LogP contribution in [0.2, 0.25) is 0 Å². The SMILES string of the molecule is CC(CNCC(=O)NC1CC1)N(C)C. The van der Waals surface area contributed by atoms with E-state index in [1.165, 1.54) is 0 Å². The standard InChI is InChI=1S/C10H21N3O/c1-8(13(2)3)6-11-7-10(14)12-9-4-5-9/h8-9,11H,4-7H2,1-3H3,(H,12,14). The summed E-state index contributed by atoms with van der Waals surface area (Å²) in [7, 11) is 4.08. The molecule has 4 nitrogen and oxygen atoms in total. The summed E-state index contributed by atoms with van der Waals surface area (Å²) in [6.07, 6.45) is 2.31. The fraction of sp³-hybridized carbons (Fsp3) is 0.900. The Morgan fingerprint density at radius 3 is 2.64 bits per heavy atom. The lowest BCUT2D eigenvalue weighted by Crippen LogP contribution is -2.41. The highest BCUT2D eigenvalue weighted by Crippen LogP contribution is 2.18. The Hall–Kier alpha value is -0.610. The molecule has 0 spiro atoms. The number of rotatable bonds is 6. The minimum Gasteiger partial charge on any atom is -0.352 e. The summed E-state index contributed by atoms with van der Waals surface area (Å²) in [4.78, 5) is 13.4. The minimum atomic E-state index is 0.124. The summed E-state index contributed by atoms with van der Waals surface area (Å²) in [6, 6.07) is 0.930. The highest BCUT2D eigenvalue weighted by atomic mass is 16.2. The van der Waals surface area contributed by atoms with Crippen molar-refractivity contribution in [3.8, 4) is 0 Å². The van der Waals surface area contributed by atoms with Crippen molar-refractivity contribution in [3.63, 3.8) is 0 Å². The predicted molar refractivity (Wildman–Crippen MR) is 57.2 cm³/mol. The summed E-state index contributed by atoms with van der Waals surface area (Å²) in [5, 5.41) is 6.09. The molecule has 0 aromatic rings. The highest BCUT2D eigenvalue weighted by Gasteiger charge is 2.22. The summed E-state index contributed by atoms with van der Waals surface area (Å²) < 4.78 is 0. The Labute approximate surface area is 86.0 Å². The van der Waals surface area contributed by atoms with Crippen molar-refractivity contribution in [1.29, 1.82) is 0 Å². The first-order valence-corrected chi connectivity index (χ1v) is 5.26. The molecular weight excluding hydrogens is 178 g/mol. The van der Waals surface area contributed by atoms with Crippen molar-refractivity contribution in [2.45, 2.75) is 31.8 Å². The third-order valence-corrected chi connectivity index (χ3v) is 2.55. The van der Waals surface area contributed by atoms with Gasteiger partial charge in [-0.1, -0.05) is 0 Å². The van der Waals surface area contributed by atoms with Crippen molar-refractivity contribution in [2.75, 3.05) is 27.2 Å². The van der Waals surface area contributed by atoms with Crippen LogP contribution in [0.1, 0.15) is 19.8 Å². The van der Waals surface area contributed by atoms with Gasteiger partial charge in [-0.05, 0) is 33.9 Å². The molecule has 1 aliphatic rings. The van der Waals surface area contributed by atoms with Gasteiger partial charge in [0, 0.05) is 18.6 Å². The molecule has 1 saturated carbocycles. The maximum Gasteiger partial charge on any atom is 0.234 e. The van der Waals surface area contributed by atoms with Crippen LogP contribution in [-0.2, 0) is 4.79 Å². The summed E-state index contributed by atoms with van der Waals surface area (Å²) in [6.45, 7) is 3.42. The molecule has 0 saturated heterocycles. The van der Waals surface area contributed by atoms with Gasteiger partial charge in [0.1, 0.15) is 0 Å². The second-order valence-corrected chi connectivity index (χ2v) is 4.29. The van der Waals surface area contributed by atoms with E-state index in [1.54, 1.807) is 0 Å². The maximum atomic E-state index is 11.3. The Kier molecular flexibility index (Phi) is 4.35. The van der Waals surface area contributed by atoms with Gasteiger partial charge < -0.3 is 15.5 Å². The first-order chi connectivity index (χ1) is 6.59. The van der Waals surface area contributed by atoms with Crippen molar-refractivity contribution in [1.82, 2.24) is 15.5 Å². The maximum absolute atomic E-state index is 11.3. The molecule has 1 fully saturated rings. The molecule has 0 bridgehead atoms. The van der Waals surface area contributed by atoms with E-state index in [-0.39, 0.29) is 5.91 Å². The molecule has 1 unspecified atom stereocenters. The van der Waals surface area contributed by atoms with Crippen LogP contribution < -0.4 is 10.6 Å². The first kappa shape index (κ1) is 11.5. The minimum absolute atomic E-state index is 0.124. The Morgan fingerprint density at radius 2 is 2.14 bits per heavy atom. The number of likely N-dealkylation sites (N-methyl/N-ethyl adjacent to an activating group) is 1. The molecule has 0 heterocycles. The molecule has 0 aromatic carbocycles. The number of carbonyl (C=O) groups is 1. The smallest absolute Gasteiger partial charge is 0.234 e. The molecule has 2 N–H and O–H groups in total. The molecule has 0 radical (unpaired) electrons. The average Bonchev–Trinajstić information content (AvgIpc) is 2.87. The van der Waals surface area contributed by atoms with Crippen LogP contribution in [0.3, 0.4) is 0 Å². The zero-order valence-electron chi connectivity index (χ0n) is 9.34. The van der Waals surface area contributed by atoms with Gasteiger partial charge in [0.05, 0.1) is 6.54 Å². The van der Waals surface area contributed by atoms with E-state index in [9.17, 15) is 4.79 Å². The Bertz CT molecular complexity index is 190. The Balaban J connectivity index is 1.99.